The first-order valence-electron chi connectivity index (χ1n) is 7.74. The van der Waals surface area contributed by atoms with Gasteiger partial charge in [0.05, 0.1) is 0 Å². The number of hydrogen-bond donors (Lipinski definition) is 1. The van der Waals surface area contributed by atoms with E-state index >= 15 is 0 Å². The molecule has 6 heteroatoms. The monoisotopic (exact) mass is 328 g/mol. The summed E-state index contributed by atoms with van der Waals surface area (Å²) < 4.78 is 6.30. The molecular weight excluding hydrogens is 308 g/mol. The van der Waals surface area contributed by atoms with Gasteiger partial charge in [0.2, 0.25) is 0 Å². The van der Waals surface area contributed by atoms with Crippen molar-refractivity contribution in [3.05, 3.63) is 64.6 Å². The van der Waals surface area contributed by atoms with Crippen LogP contribution in [-0.4, -0.2) is 22.5 Å². The summed E-state index contributed by atoms with van der Waals surface area (Å²) in [6, 6.07) is 12.0. The predicted octanol–water partition coefficient (Wildman–Crippen LogP) is 1.98. The van der Waals surface area contributed by atoms with Gasteiger partial charge in [0.25, 0.3) is 11.5 Å². The highest BCUT2D eigenvalue weighted by atomic mass is 16.5. The molecule has 0 radical (unpaired) electrons. The van der Waals surface area contributed by atoms with E-state index in [0.29, 0.717) is 5.69 Å². The van der Waals surface area contributed by atoms with Crippen molar-refractivity contribution in [1.29, 1.82) is 0 Å². The predicted molar refractivity (Wildman–Crippen MR) is 90.7 cm³/mol. The molecule has 6 nitrogen and oxygen atoms in total. The van der Waals surface area contributed by atoms with Crippen LogP contribution in [0.4, 0.5) is 5.69 Å². The Morgan fingerprint density at radius 3 is 2.50 bits per heavy atom. The second-order valence-electron chi connectivity index (χ2n) is 5.34. The number of amides is 1. The first-order valence-corrected chi connectivity index (χ1v) is 7.74. The van der Waals surface area contributed by atoms with Crippen molar-refractivity contribution >= 4 is 17.6 Å². The van der Waals surface area contributed by atoms with Gasteiger partial charge in [0.15, 0.2) is 6.10 Å². The first kappa shape index (κ1) is 17.5. The normalized spacial score (nSPS) is 11.6. The molecule has 0 aliphatic heterocycles. The number of aryl methyl sites for hydroxylation is 1. The summed E-state index contributed by atoms with van der Waals surface area (Å²) >= 11 is 0. The number of anilines is 1. The number of nitrogens with one attached hydrogen (secondary N) is 1. The number of benzene rings is 1. The van der Waals surface area contributed by atoms with Crippen LogP contribution >= 0.6 is 0 Å². The van der Waals surface area contributed by atoms with E-state index in [4.69, 9.17) is 4.74 Å². The van der Waals surface area contributed by atoms with Gasteiger partial charge in [0, 0.05) is 18.0 Å². The van der Waals surface area contributed by atoms with Crippen LogP contribution in [0.2, 0.25) is 0 Å². The number of pyridine rings is 1. The lowest BCUT2D eigenvalue weighted by Crippen LogP contribution is -2.32. The molecule has 0 unspecified atom stereocenters. The fourth-order valence-corrected chi connectivity index (χ4v) is 2.09. The Morgan fingerprint density at radius 1 is 1.17 bits per heavy atom. The number of nitrogens with zero attached hydrogens (tertiary/aromatic N) is 1. The highest BCUT2D eigenvalue weighted by molar-refractivity contribution is 5.95. The van der Waals surface area contributed by atoms with E-state index in [1.165, 1.54) is 29.3 Å². The van der Waals surface area contributed by atoms with E-state index in [1.54, 1.807) is 24.3 Å². The number of carbonyl (C=O) groups excluding carboxylic acids is 2. The summed E-state index contributed by atoms with van der Waals surface area (Å²) in [5, 5.41) is 2.69. The lowest BCUT2D eigenvalue weighted by molar-refractivity contribution is -0.153. The third-order valence-corrected chi connectivity index (χ3v) is 3.51. The summed E-state index contributed by atoms with van der Waals surface area (Å²) in [5.41, 5.74) is 1.50. The van der Waals surface area contributed by atoms with Gasteiger partial charge in [0.1, 0.15) is 6.54 Å². The van der Waals surface area contributed by atoms with E-state index in [9.17, 15) is 14.4 Å². The van der Waals surface area contributed by atoms with Crippen molar-refractivity contribution < 1.29 is 14.3 Å². The topological polar surface area (TPSA) is 77.4 Å². The van der Waals surface area contributed by atoms with Crippen molar-refractivity contribution in [2.45, 2.75) is 32.9 Å². The van der Waals surface area contributed by atoms with Crippen LogP contribution in [0.25, 0.3) is 0 Å². The molecule has 0 aliphatic carbocycles. The fraction of sp³-hybridized carbons (Fsp3) is 0.278. The van der Waals surface area contributed by atoms with Crippen LogP contribution in [0.15, 0.2) is 53.5 Å². The van der Waals surface area contributed by atoms with Crippen LogP contribution < -0.4 is 10.9 Å². The quantitative estimate of drug-likeness (QED) is 0.823. The molecule has 0 saturated carbocycles. The number of rotatable bonds is 6. The molecule has 1 aromatic carbocycles. The largest absolute Gasteiger partial charge is 0.451 e. The Hall–Kier alpha value is -2.89. The molecule has 126 valence electrons. The smallest absolute Gasteiger partial charge is 0.326 e. The molecule has 0 bridgehead atoms. The van der Waals surface area contributed by atoms with Crippen molar-refractivity contribution in [2.24, 2.45) is 0 Å². The maximum absolute atomic E-state index is 12.1. The van der Waals surface area contributed by atoms with Gasteiger partial charge < -0.3 is 14.6 Å². The summed E-state index contributed by atoms with van der Waals surface area (Å²) in [7, 11) is 0. The van der Waals surface area contributed by atoms with Crippen molar-refractivity contribution in [1.82, 2.24) is 4.57 Å². The van der Waals surface area contributed by atoms with Gasteiger partial charge in [-0.1, -0.05) is 25.1 Å². The average Bonchev–Trinajstić information content (AvgIpc) is 2.57. The molecule has 0 spiro atoms. The molecule has 1 aromatic heterocycles. The Labute approximate surface area is 140 Å². The maximum atomic E-state index is 12.1. The molecule has 24 heavy (non-hydrogen) atoms. The minimum atomic E-state index is -0.956. The molecule has 2 aromatic rings. The van der Waals surface area contributed by atoms with E-state index in [1.807, 2.05) is 19.1 Å². The summed E-state index contributed by atoms with van der Waals surface area (Å²) in [6.07, 6.45) is 1.45. The minimum absolute atomic E-state index is 0.234. The van der Waals surface area contributed by atoms with Gasteiger partial charge in [-0.25, -0.2) is 0 Å². The van der Waals surface area contributed by atoms with Gasteiger partial charge in [-0.2, -0.15) is 0 Å². The van der Waals surface area contributed by atoms with Crippen LogP contribution in [0, 0.1) is 0 Å². The zero-order valence-electron chi connectivity index (χ0n) is 13.7. The van der Waals surface area contributed by atoms with Gasteiger partial charge in [-0.15, -0.1) is 0 Å². The van der Waals surface area contributed by atoms with Crippen LogP contribution in [0.3, 0.4) is 0 Å². The zero-order valence-corrected chi connectivity index (χ0v) is 13.7. The molecule has 0 saturated heterocycles. The Balaban J connectivity index is 1.89. The number of carbonyl (C=O) groups is 2. The third kappa shape index (κ3) is 4.81. The fourth-order valence-electron chi connectivity index (χ4n) is 2.09. The molecule has 1 N–H and O–H groups in total. The Kier molecular flexibility index (Phi) is 5.89. The molecule has 1 amide bonds. The highest BCUT2D eigenvalue weighted by Crippen LogP contribution is 2.11. The number of ether oxygens (including phenoxy) is 1. The lowest BCUT2D eigenvalue weighted by atomic mass is 10.1. The third-order valence-electron chi connectivity index (χ3n) is 3.51. The number of aromatic nitrogens is 1. The zero-order chi connectivity index (χ0) is 17.5. The van der Waals surface area contributed by atoms with E-state index in [2.05, 4.69) is 5.32 Å². The highest BCUT2D eigenvalue weighted by Gasteiger charge is 2.18. The van der Waals surface area contributed by atoms with Crippen LogP contribution in [-0.2, 0) is 27.3 Å². The number of hydrogen-bond acceptors (Lipinski definition) is 4. The minimum Gasteiger partial charge on any atom is -0.451 e. The van der Waals surface area contributed by atoms with Crippen LogP contribution in [0.1, 0.15) is 19.4 Å². The second-order valence-corrected chi connectivity index (χ2v) is 5.34. The maximum Gasteiger partial charge on any atom is 0.326 e. The summed E-state index contributed by atoms with van der Waals surface area (Å²) in [6.45, 7) is 3.30. The molecule has 1 heterocycles. The second kappa shape index (κ2) is 8.10. The molecule has 0 fully saturated rings. The average molecular weight is 328 g/mol. The van der Waals surface area contributed by atoms with Crippen LogP contribution in [0.5, 0.6) is 0 Å². The molecular formula is C18H20N2O4. The lowest BCUT2D eigenvalue weighted by Gasteiger charge is -2.14. The van der Waals surface area contributed by atoms with Crippen molar-refractivity contribution in [3.8, 4) is 0 Å². The Bertz CT molecular complexity index is 765. The standard InChI is InChI=1S/C18H20N2O4/c1-3-14-7-9-15(10-8-14)19-18(23)13(2)24-17(22)12-20-11-5-4-6-16(20)21/h4-11,13H,3,12H2,1-2H3,(H,19,23)/t13-/m0/s1. The van der Waals surface area contributed by atoms with Gasteiger partial charge >= 0.3 is 5.97 Å². The molecule has 1 atom stereocenters. The van der Waals surface area contributed by atoms with Gasteiger partial charge in [-0.05, 0) is 37.1 Å². The van der Waals surface area contributed by atoms with Crippen molar-refractivity contribution in [3.63, 3.8) is 0 Å². The Morgan fingerprint density at radius 2 is 1.88 bits per heavy atom. The number of esters is 1. The van der Waals surface area contributed by atoms with E-state index in [-0.39, 0.29) is 12.1 Å². The summed E-state index contributed by atoms with van der Waals surface area (Å²) in [5.74, 6) is -1.07. The van der Waals surface area contributed by atoms with Crippen molar-refractivity contribution in [2.75, 3.05) is 5.32 Å². The SMILES string of the molecule is CCc1ccc(NC(=O)[C@H](C)OC(=O)Cn2ccccc2=O)cc1. The van der Waals surface area contributed by atoms with E-state index in [0.717, 1.165) is 6.42 Å². The molecule has 0 aliphatic rings. The first-order chi connectivity index (χ1) is 11.5. The van der Waals surface area contributed by atoms with E-state index < -0.39 is 18.0 Å². The molecule has 2 rings (SSSR count). The summed E-state index contributed by atoms with van der Waals surface area (Å²) in [4.78, 5) is 35.5. The van der Waals surface area contributed by atoms with Gasteiger partial charge in [-0.3, -0.25) is 14.4 Å².